The molecule has 4 heteroatoms. The zero-order chi connectivity index (χ0) is 16.9. The Hall–Kier alpha value is -0.900. The van der Waals surface area contributed by atoms with E-state index in [4.69, 9.17) is 9.47 Å². The summed E-state index contributed by atoms with van der Waals surface area (Å²) in [5.74, 6) is 1.89. The van der Waals surface area contributed by atoms with E-state index in [1.54, 1.807) is 0 Å². The summed E-state index contributed by atoms with van der Waals surface area (Å²) in [4.78, 5) is 24.3. The van der Waals surface area contributed by atoms with Crippen LogP contribution in [-0.4, -0.2) is 29.6 Å². The van der Waals surface area contributed by atoms with Gasteiger partial charge < -0.3 is 9.47 Å². The van der Waals surface area contributed by atoms with Crippen LogP contribution in [0, 0.1) is 28.6 Å². The minimum absolute atomic E-state index is 0.0181. The van der Waals surface area contributed by atoms with Crippen molar-refractivity contribution in [2.75, 3.05) is 0 Å². The Morgan fingerprint density at radius 3 is 2.62 bits per heavy atom. The van der Waals surface area contributed by atoms with Crippen molar-refractivity contribution >= 4 is 11.8 Å². The highest BCUT2D eigenvalue weighted by molar-refractivity contribution is 5.88. The predicted molar refractivity (Wildman–Crippen MR) is 87.2 cm³/mol. The standard InChI is InChI=1S/C20H28O4/c1-11-18(2)7-5-13-12(14(18)10-16(22)23-11)4-9-20-17(24-20)15(21)6-8-19(13,20)3/h11-14,17H,4-10H2,1-3H3/t11-,12+,13-,14-,17-,18+,19+,20-/m0/s1. The molecule has 5 rings (SSSR count). The van der Waals surface area contributed by atoms with Crippen LogP contribution in [0.25, 0.3) is 0 Å². The second-order valence-corrected chi connectivity index (χ2v) is 9.57. The van der Waals surface area contributed by atoms with Crippen molar-refractivity contribution in [3.8, 4) is 0 Å². The molecule has 0 amide bonds. The molecule has 8 atom stereocenters. The van der Waals surface area contributed by atoms with Crippen LogP contribution in [0.1, 0.15) is 65.7 Å². The van der Waals surface area contributed by atoms with Gasteiger partial charge in [-0.15, -0.1) is 0 Å². The van der Waals surface area contributed by atoms with Crippen molar-refractivity contribution in [3.05, 3.63) is 0 Å². The normalized spacial score (nSPS) is 58.7. The second-order valence-electron chi connectivity index (χ2n) is 9.57. The van der Waals surface area contributed by atoms with E-state index in [0.29, 0.717) is 36.4 Å². The van der Waals surface area contributed by atoms with Crippen molar-refractivity contribution in [3.63, 3.8) is 0 Å². The number of cyclic esters (lactones) is 1. The Kier molecular flexibility index (Phi) is 2.84. The number of hydrogen-bond donors (Lipinski definition) is 0. The highest BCUT2D eigenvalue weighted by Crippen LogP contribution is 2.71. The topological polar surface area (TPSA) is 55.9 Å². The molecule has 5 aliphatic rings. The molecular formula is C20H28O4. The van der Waals surface area contributed by atoms with Gasteiger partial charge in [0, 0.05) is 23.7 Å². The summed E-state index contributed by atoms with van der Waals surface area (Å²) in [5.41, 5.74) is 0.0582. The van der Waals surface area contributed by atoms with Gasteiger partial charge in [-0.1, -0.05) is 13.8 Å². The highest BCUT2D eigenvalue weighted by Gasteiger charge is 2.76. The Balaban J connectivity index is 1.51. The minimum atomic E-state index is -0.169. The lowest BCUT2D eigenvalue weighted by atomic mass is 9.43. The fourth-order valence-electron chi connectivity index (χ4n) is 7.30. The fourth-order valence-corrected chi connectivity index (χ4v) is 7.30. The van der Waals surface area contributed by atoms with E-state index in [1.165, 1.54) is 6.42 Å². The van der Waals surface area contributed by atoms with E-state index in [9.17, 15) is 9.59 Å². The SMILES string of the molecule is C[C@@H]1OC(=O)C[C@H]2[C@@H]3CC[C@]45O[C@H]4C(=O)CC[C@]5(C)[C@H]3CC[C@]12C. The molecule has 2 saturated heterocycles. The molecule has 0 unspecified atom stereocenters. The molecule has 2 heterocycles. The summed E-state index contributed by atoms with van der Waals surface area (Å²) in [6.07, 6.45) is 6.52. The number of fused-ring (bicyclic) bond motifs is 4. The molecule has 24 heavy (non-hydrogen) atoms. The second kappa shape index (κ2) is 4.44. The van der Waals surface area contributed by atoms with Gasteiger partial charge in [-0.05, 0) is 56.8 Å². The van der Waals surface area contributed by atoms with Gasteiger partial charge in [0.1, 0.15) is 17.8 Å². The van der Waals surface area contributed by atoms with Crippen LogP contribution in [-0.2, 0) is 19.1 Å². The van der Waals surface area contributed by atoms with Crippen LogP contribution < -0.4 is 0 Å². The third kappa shape index (κ3) is 1.60. The summed E-state index contributed by atoms with van der Waals surface area (Å²) >= 11 is 0. The molecule has 0 bridgehead atoms. The largest absolute Gasteiger partial charge is 0.462 e. The third-order valence-corrected chi connectivity index (χ3v) is 9.01. The molecule has 0 radical (unpaired) electrons. The third-order valence-electron chi connectivity index (χ3n) is 9.01. The molecule has 132 valence electrons. The zero-order valence-electron chi connectivity index (χ0n) is 15.0. The van der Waals surface area contributed by atoms with Crippen LogP contribution >= 0.6 is 0 Å². The Morgan fingerprint density at radius 1 is 1.04 bits per heavy atom. The molecule has 0 N–H and O–H groups in total. The Labute approximate surface area is 143 Å². The van der Waals surface area contributed by atoms with E-state index >= 15 is 0 Å². The van der Waals surface area contributed by atoms with Crippen molar-refractivity contribution in [2.24, 2.45) is 28.6 Å². The molecule has 0 aromatic heterocycles. The average Bonchev–Trinajstić information content (AvgIpc) is 3.27. The lowest BCUT2D eigenvalue weighted by Crippen LogP contribution is -2.61. The molecule has 4 nitrogen and oxygen atoms in total. The molecule has 1 spiro atoms. The van der Waals surface area contributed by atoms with E-state index in [-0.39, 0.29) is 34.6 Å². The maximum absolute atomic E-state index is 12.2. The van der Waals surface area contributed by atoms with E-state index in [2.05, 4.69) is 20.8 Å². The van der Waals surface area contributed by atoms with Crippen molar-refractivity contribution in [2.45, 2.75) is 83.5 Å². The van der Waals surface area contributed by atoms with Crippen LogP contribution in [0.4, 0.5) is 0 Å². The summed E-state index contributed by atoms with van der Waals surface area (Å²) < 4.78 is 11.7. The molecule has 3 saturated carbocycles. The van der Waals surface area contributed by atoms with Gasteiger partial charge in [0.05, 0.1) is 0 Å². The summed E-state index contributed by atoms with van der Waals surface area (Å²) in [6, 6.07) is 0. The summed E-state index contributed by atoms with van der Waals surface area (Å²) in [6.45, 7) is 6.79. The summed E-state index contributed by atoms with van der Waals surface area (Å²) in [5, 5.41) is 0. The van der Waals surface area contributed by atoms with Gasteiger partial charge in [0.15, 0.2) is 5.78 Å². The number of carbonyl (C=O) groups excluding carboxylic acids is 2. The molecule has 2 aliphatic heterocycles. The van der Waals surface area contributed by atoms with Crippen LogP contribution in [0.3, 0.4) is 0 Å². The van der Waals surface area contributed by atoms with Crippen molar-refractivity contribution in [1.82, 2.24) is 0 Å². The average molecular weight is 332 g/mol. The van der Waals surface area contributed by atoms with Crippen LogP contribution in [0.2, 0.25) is 0 Å². The van der Waals surface area contributed by atoms with E-state index < -0.39 is 0 Å². The molecule has 0 aromatic rings. The summed E-state index contributed by atoms with van der Waals surface area (Å²) in [7, 11) is 0. The van der Waals surface area contributed by atoms with Gasteiger partial charge in [0.2, 0.25) is 0 Å². The predicted octanol–water partition coefficient (Wildman–Crippen LogP) is 3.27. The Morgan fingerprint density at radius 2 is 1.83 bits per heavy atom. The van der Waals surface area contributed by atoms with Crippen LogP contribution in [0.15, 0.2) is 0 Å². The minimum Gasteiger partial charge on any atom is -0.462 e. The van der Waals surface area contributed by atoms with Crippen LogP contribution in [0.5, 0.6) is 0 Å². The Bertz CT molecular complexity index is 629. The lowest BCUT2D eigenvalue weighted by molar-refractivity contribution is -0.197. The number of hydrogen-bond acceptors (Lipinski definition) is 4. The van der Waals surface area contributed by atoms with Gasteiger partial charge in [0.25, 0.3) is 0 Å². The van der Waals surface area contributed by atoms with Gasteiger partial charge in [-0.25, -0.2) is 0 Å². The van der Waals surface area contributed by atoms with Crippen molar-refractivity contribution in [1.29, 1.82) is 0 Å². The number of esters is 1. The first-order valence-electron chi connectivity index (χ1n) is 9.72. The number of ketones is 1. The molecule has 3 aliphatic carbocycles. The van der Waals surface area contributed by atoms with Gasteiger partial charge in [-0.3, -0.25) is 9.59 Å². The lowest BCUT2D eigenvalue weighted by Gasteiger charge is -2.61. The number of carbonyl (C=O) groups is 2. The monoisotopic (exact) mass is 332 g/mol. The molecule has 0 aromatic carbocycles. The first-order chi connectivity index (χ1) is 11.3. The fraction of sp³-hybridized carbons (Fsp3) is 0.900. The zero-order valence-corrected chi connectivity index (χ0v) is 15.0. The first kappa shape index (κ1) is 15.4. The maximum atomic E-state index is 12.2. The number of Topliss-reactive ketones (excluding diaryl/α,β-unsaturated/α-hetero) is 1. The smallest absolute Gasteiger partial charge is 0.306 e. The first-order valence-corrected chi connectivity index (χ1v) is 9.72. The number of ether oxygens (including phenoxy) is 2. The van der Waals surface area contributed by atoms with Gasteiger partial charge >= 0.3 is 5.97 Å². The van der Waals surface area contributed by atoms with E-state index in [1.807, 2.05) is 0 Å². The maximum Gasteiger partial charge on any atom is 0.306 e. The number of epoxide rings is 1. The van der Waals surface area contributed by atoms with Gasteiger partial charge in [-0.2, -0.15) is 0 Å². The quantitative estimate of drug-likeness (QED) is 0.505. The molecular weight excluding hydrogens is 304 g/mol. The van der Waals surface area contributed by atoms with E-state index in [0.717, 1.165) is 25.7 Å². The molecule has 5 fully saturated rings. The van der Waals surface area contributed by atoms with Crippen molar-refractivity contribution < 1.29 is 19.1 Å². The number of rotatable bonds is 0. The highest BCUT2D eigenvalue weighted by atomic mass is 16.6.